The Morgan fingerprint density at radius 1 is 1.05 bits per heavy atom. The SMILES string of the molecule is CCOC(=O)C1(CC=O)c2ccccc2-c2ccccc21. The van der Waals surface area contributed by atoms with Crippen LogP contribution in [0.1, 0.15) is 24.5 Å². The Bertz CT molecular complexity index is 658. The third kappa shape index (κ3) is 1.81. The zero-order valence-corrected chi connectivity index (χ0v) is 11.8. The quantitative estimate of drug-likeness (QED) is 0.638. The van der Waals surface area contributed by atoms with Crippen molar-refractivity contribution in [3.05, 3.63) is 59.7 Å². The van der Waals surface area contributed by atoms with E-state index in [1.807, 2.05) is 48.5 Å². The summed E-state index contributed by atoms with van der Waals surface area (Å²) in [6.07, 6.45) is 0.898. The van der Waals surface area contributed by atoms with Crippen molar-refractivity contribution in [1.29, 1.82) is 0 Å². The van der Waals surface area contributed by atoms with Crippen molar-refractivity contribution in [3.63, 3.8) is 0 Å². The first-order chi connectivity index (χ1) is 10.3. The van der Waals surface area contributed by atoms with E-state index in [2.05, 4.69) is 0 Å². The fraction of sp³-hybridized carbons (Fsp3) is 0.222. The molecule has 21 heavy (non-hydrogen) atoms. The molecule has 2 aromatic rings. The van der Waals surface area contributed by atoms with Crippen molar-refractivity contribution in [2.24, 2.45) is 0 Å². The van der Waals surface area contributed by atoms with Gasteiger partial charge >= 0.3 is 5.97 Å². The van der Waals surface area contributed by atoms with Gasteiger partial charge in [0.25, 0.3) is 0 Å². The van der Waals surface area contributed by atoms with Gasteiger partial charge in [-0.3, -0.25) is 4.79 Å². The van der Waals surface area contributed by atoms with Gasteiger partial charge in [-0.05, 0) is 29.2 Å². The standard InChI is InChI=1S/C18H16O3/c1-2-21-17(20)18(11-12-19)15-9-5-3-7-13(15)14-8-4-6-10-16(14)18/h3-10,12H,2,11H2,1H3. The molecule has 3 rings (SSSR count). The number of hydrogen-bond acceptors (Lipinski definition) is 3. The van der Waals surface area contributed by atoms with Crippen molar-refractivity contribution in [1.82, 2.24) is 0 Å². The van der Waals surface area contributed by atoms with Gasteiger partial charge in [0.05, 0.1) is 6.61 Å². The maximum absolute atomic E-state index is 12.7. The van der Waals surface area contributed by atoms with Crippen LogP contribution >= 0.6 is 0 Å². The minimum atomic E-state index is -1.01. The molecule has 0 heterocycles. The summed E-state index contributed by atoms with van der Waals surface area (Å²) >= 11 is 0. The maximum atomic E-state index is 12.7. The van der Waals surface area contributed by atoms with Gasteiger partial charge in [-0.2, -0.15) is 0 Å². The lowest BCUT2D eigenvalue weighted by Crippen LogP contribution is -2.37. The topological polar surface area (TPSA) is 43.4 Å². The van der Waals surface area contributed by atoms with Gasteiger partial charge in [0.15, 0.2) is 0 Å². The van der Waals surface area contributed by atoms with Gasteiger partial charge < -0.3 is 9.53 Å². The number of rotatable bonds is 4. The second-order valence-corrected chi connectivity index (χ2v) is 5.09. The third-order valence-electron chi connectivity index (χ3n) is 4.08. The number of benzene rings is 2. The normalized spacial score (nSPS) is 14.1. The molecular formula is C18H16O3. The number of hydrogen-bond donors (Lipinski definition) is 0. The van der Waals surface area contributed by atoms with E-state index in [-0.39, 0.29) is 12.4 Å². The molecule has 0 spiro atoms. The highest BCUT2D eigenvalue weighted by atomic mass is 16.5. The van der Waals surface area contributed by atoms with E-state index in [1.54, 1.807) is 6.92 Å². The van der Waals surface area contributed by atoms with E-state index >= 15 is 0 Å². The Hall–Kier alpha value is -2.42. The third-order valence-corrected chi connectivity index (χ3v) is 4.08. The van der Waals surface area contributed by atoms with E-state index in [0.29, 0.717) is 6.61 Å². The highest BCUT2D eigenvalue weighted by molar-refractivity contribution is 5.99. The maximum Gasteiger partial charge on any atom is 0.321 e. The molecule has 0 fully saturated rings. The minimum absolute atomic E-state index is 0.0971. The second-order valence-electron chi connectivity index (χ2n) is 5.09. The van der Waals surface area contributed by atoms with Gasteiger partial charge in [0.1, 0.15) is 11.7 Å². The Kier molecular flexibility index (Phi) is 3.34. The Morgan fingerprint density at radius 3 is 2.05 bits per heavy atom. The number of carbonyl (C=O) groups excluding carboxylic acids is 2. The summed E-state index contributed by atoms with van der Waals surface area (Å²) in [4.78, 5) is 24.0. The number of fused-ring (bicyclic) bond motifs is 3. The molecule has 2 aromatic carbocycles. The average molecular weight is 280 g/mol. The molecule has 106 valence electrons. The summed E-state index contributed by atoms with van der Waals surface area (Å²) < 4.78 is 5.30. The zero-order chi connectivity index (χ0) is 14.9. The van der Waals surface area contributed by atoms with E-state index in [9.17, 15) is 9.59 Å². The fourth-order valence-corrected chi connectivity index (χ4v) is 3.23. The van der Waals surface area contributed by atoms with Gasteiger partial charge in [-0.1, -0.05) is 48.5 Å². The van der Waals surface area contributed by atoms with Crippen LogP contribution in [-0.2, 0) is 19.7 Å². The number of aldehydes is 1. The molecule has 1 aliphatic carbocycles. The second kappa shape index (κ2) is 5.17. The lowest BCUT2D eigenvalue weighted by molar-refractivity contribution is -0.149. The van der Waals surface area contributed by atoms with Crippen LogP contribution in [0.4, 0.5) is 0 Å². The molecule has 0 saturated heterocycles. The molecule has 0 amide bonds. The summed E-state index contributed by atoms with van der Waals surface area (Å²) in [5, 5.41) is 0. The monoisotopic (exact) mass is 280 g/mol. The van der Waals surface area contributed by atoms with Gasteiger partial charge in [0, 0.05) is 6.42 Å². The number of ether oxygens (including phenoxy) is 1. The lowest BCUT2D eigenvalue weighted by atomic mass is 9.76. The van der Waals surface area contributed by atoms with E-state index in [4.69, 9.17) is 4.74 Å². The predicted octanol–water partition coefficient (Wildman–Crippen LogP) is 3.11. The molecule has 3 nitrogen and oxygen atoms in total. The van der Waals surface area contributed by atoms with Crippen molar-refractivity contribution in [3.8, 4) is 11.1 Å². The van der Waals surface area contributed by atoms with E-state index in [0.717, 1.165) is 28.5 Å². The summed E-state index contributed by atoms with van der Waals surface area (Å²) in [7, 11) is 0. The van der Waals surface area contributed by atoms with Crippen LogP contribution in [0.25, 0.3) is 11.1 Å². The lowest BCUT2D eigenvalue weighted by Gasteiger charge is -2.27. The molecular weight excluding hydrogens is 264 g/mol. The number of carbonyl (C=O) groups is 2. The largest absolute Gasteiger partial charge is 0.465 e. The first-order valence-electron chi connectivity index (χ1n) is 7.06. The van der Waals surface area contributed by atoms with Crippen LogP contribution in [0.15, 0.2) is 48.5 Å². The predicted molar refractivity (Wildman–Crippen MR) is 80.0 cm³/mol. The number of esters is 1. The van der Waals surface area contributed by atoms with Crippen LogP contribution in [0.3, 0.4) is 0 Å². The molecule has 0 bridgehead atoms. The van der Waals surface area contributed by atoms with Crippen molar-refractivity contribution in [2.75, 3.05) is 6.61 Å². The van der Waals surface area contributed by atoms with Crippen molar-refractivity contribution >= 4 is 12.3 Å². The molecule has 3 heteroatoms. The molecule has 0 saturated carbocycles. The molecule has 0 unspecified atom stereocenters. The van der Waals surface area contributed by atoms with Crippen molar-refractivity contribution < 1.29 is 14.3 Å². The molecule has 0 aromatic heterocycles. The van der Waals surface area contributed by atoms with Gasteiger partial charge in [-0.15, -0.1) is 0 Å². The highest BCUT2D eigenvalue weighted by Crippen LogP contribution is 2.50. The van der Waals surface area contributed by atoms with Gasteiger partial charge in [0.2, 0.25) is 0 Å². The summed E-state index contributed by atoms with van der Waals surface area (Å²) in [6, 6.07) is 15.5. The first-order valence-corrected chi connectivity index (χ1v) is 7.06. The van der Waals surface area contributed by atoms with Crippen LogP contribution < -0.4 is 0 Å². The van der Waals surface area contributed by atoms with E-state index in [1.165, 1.54) is 0 Å². The van der Waals surface area contributed by atoms with Gasteiger partial charge in [-0.25, -0.2) is 0 Å². The molecule has 0 N–H and O–H groups in total. The molecule has 0 aliphatic heterocycles. The Morgan fingerprint density at radius 2 is 1.57 bits per heavy atom. The van der Waals surface area contributed by atoms with Crippen molar-refractivity contribution in [2.45, 2.75) is 18.8 Å². The van der Waals surface area contributed by atoms with Crippen LogP contribution in [0.2, 0.25) is 0 Å². The van der Waals surface area contributed by atoms with E-state index < -0.39 is 5.41 Å². The first kappa shape index (κ1) is 13.6. The summed E-state index contributed by atoms with van der Waals surface area (Å²) in [5.41, 5.74) is 2.71. The fourth-order valence-electron chi connectivity index (χ4n) is 3.23. The average Bonchev–Trinajstić information content (AvgIpc) is 2.80. The smallest absolute Gasteiger partial charge is 0.321 e. The van der Waals surface area contributed by atoms with Crippen LogP contribution in [0, 0.1) is 0 Å². The highest BCUT2D eigenvalue weighted by Gasteiger charge is 2.49. The molecule has 1 aliphatic rings. The minimum Gasteiger partial charge on any atom is -0.465 e. The van der Waals surface area contributed by atoms with Crippen LogP contribution in [0.5, 0.6) is 0 Å². The molecule has 0 atom stereocenters. The van der Waals surface area contributed by atoms with Crippen LogP contribution in [-0.4, -0.2) is 18.9 Å². The summed E-state index contributed by atoms with van der Waals surface area (Å²) in [6.45, 7) is 2.07. The molecule has 0 radical (unpaired) electrons. The Labute approximate surface area is 123 Å². The summed E-state index contributed by atoms with van der Waals surface area (Å²) in [5.74, 6) is -0.352. The Balaban J connectivity index is 2.32. The zero-order valence-electron chi connectivity index (χ0n) is 11.8.